The third kappa shape index (κ3) is 6.57. The summed E-state index contributed by atoms with van der Waals surface area (Å²) in [5.74, 6) is 0.567. The Morgan fingerprint density at radius 3 is 2.16 bits per heavy atom. The van der Waals surface area contributed by atoms with Crippen LogP contribution in [-0.4, -0.2) is 42.5 Å². The average molecular weight is 497 g/mol. The third-order valence-corrected chi connectivity index (χ3v) is 7.55. The van der Waals surface area contributed by atoms with Crippen LogP contribution in [0.2, 0.25) is 0 Å². The molecule has 37 heavy (non-hydrogen) atoms. The van der Waals surface area contributed by atoms with Crippen molar-refractivity contribution in [1.29, 1.82) is 0 Å². The molecular weight excluding hydrogens is 460 g/mol. The molecule has 1 saturated heterocycles. The second-order valence-corrected chi connectivity index (χ2v) is 10.1. The Balaban J connectivity index is 1.16. The smallest absolute Gasteiger partial charge is 0.322 e. The molecule has 3 amide bonds. The van der Waals surface area contributed by atoms with Crippen LogP contribution in [-0.2, 0) is 4.79 Å². The summed E-state index contributed by atoms with van der Waals surface area (Å²) >= 11 is 0. The Hall–Kier alpha value is -3.64. The SMILES string of the molecule is O=C(CC1CNCCN1C(=O)Nc1ccc(-c2ccccc2)cc1)Nc1ccc(C2CCCCC2)cc1. The number of carbonyl (C=O) groups is 2. The summed E-state index contributed by atoms with van der Waals surface area (Å²) in [5.41, 5.74) is 5.15. The van der Waals surface area contributed by atoms with Crippen LogP contribution in [0, 0.1) is 0 Å². The molecule has 0 aromatic heterocycles. The van der Waals surface area contributed by atoms with Crippen molar-refractivity contribution in [3.8, 4) is 11.1 Å². The van der Waals surface area contributed by atoms with Crippen LogP contribution in [0.5, 0.6) is 0 Å². The Labute approximate surface area is 219 Å². The van der Waals surface area contributed by atoms with Gasteiger partial charge >= 0.3 is 6.03 Å². The molecule has 1 heterocycles. The number of nitrogens with one attached hydrogen (secondary N) is 3. The van der Waals surface area contributed by atoms with Gasteiger partial charge in [-0.3, -0.25) is 4.79 Å². The summed E-state index contributed by atoms with van der Waals surface area (Å²) in [5, 5.41) is 9.35. The second-order valence-electron chi connectivity index (χ2n) is 10.1. The van der Waals surface area contributed by atoms with Crippen molar-refractivity contribution in [3.63, 3.8) is 0 Å². The van der Waals surface area contributed by atoms with Crippen LogP contribution in [0.4, 0.5) is 16.2 Å². The molecule has 5 rings (SSSR count). The molecule has 1 unspecified atom stereocenters. The summed E-state index contributed by atoms with van der Waals surface area (Å²) in [6.07, 6.45) is 6.72. The fourth-order valence-electron chi connectivity index (χ4n) is 5.48. The number of hydrogen-bond acceptors (Lipinski definition) is 3. The molecule has 0 spiro atoms. The lowest BCUT2D eigenvalue weighted by Crippen LogP contribution is -2.55. The number of amides is 3. The van der Waals surface area contributed by atoms with Gasteiger partial charge in [0.1, 0.15) is 0 Å². The largest absolute Gasteiger partial charge is 0.326 e. The Morgan fingerprint density at radius 1 is 0.784 bits per heavy atom. The molecule has 1 atom stereocenters. The second kappa shape index (κ2) is 12.1. The molecular formula is C31H36N4O2. The van der Waals surface area contributed by atoms with Gasteiger partial charge in [-0.05, 0) is 59.7 Å². The molecule has 1 aliphatic heterocycles. The van der Waals surface area contributed by atoms with Crippen LogP contribution in [0.15, 0.2) is 78.9 Å². The number of piperazine rings is 1. The highest BCUT2D eigenvalue weighted by Gasteiger charge is 2.28. The van der Waals surface area contributed by atoms with E-state index in [0.717, 1.165) is 22.5 Å². The Morgan fingerprint density at radius 2 is 1.43 bits per heavy atom. The first-order chi connectivity index (χ1) is 18.2. The van der Waals surface area contributed by atoms with E-state index in [0.29, 0.717) is 25.6 Å². The monoisotopic (exact) mass is 496 g/mol. The molecule has 1 aliphatic carbocycles. The molecule has 3 aromatic carbocycles. The van der Waals surface area contributed by atoms with Gasteiger partial charge in [0.15, 0.2) is 0 Å². The minimum Gasteiger partial charge on any atom is -0.326 e. The van der Waals surface area contributed by atoms with Crippen molar-refractivity contribution in [2.45, 2.75) is 50.5 Å². The summed E-state index contributed by atoms with van der Waals surface area (Å²) in [6, 6.07) is 25.9. The summed E-state index contributed by atoms with van der Waals surface area (Å²) in [4.78, 5) is 27.8. The van der Waals surface area contributed by atoms with E-state index >= 15 is 0 Å². The van der Waals surface area contributed by atoms with Crippen LogP contribution < -0.4 is 16.0 Å². The van der Waals surface area contributed by atoms with Gasteiger partial charge in [0.25, 0.3) is 0 Å². The van der Waals surface area contributed by atoms with E-state index in [-0.39, 0.29) is 24.4 Å². The number of anilines is 2. The van der Waals surface area contributed by atoms with E-state index in [9.17, 15) is 9.59 Å². The molecule has 6 nitrogen and oxygen atoms in total. The summed E-state index contributed by atoms with van der Waals surface area (Å²) in [7, 11) is 0. The lowest BCUT2D eigenvalue weighted by molar-refractivity contribution is -0.117. The van der Waals surface area contributed by atoms with Crippen LogP contribution in [0.1, 0.15) is 50.0 Å². The fourth-order valence-corrected chi connectivity index (χ4v) is 5.48. The minimum atomic E-state index is -0.209. The zero-order chi connectivity index (χ0) is 25.5. The van der Waals surface area contributed by atoms with Gasteiger partial charge in [-0.15, -0.1) is 0 Å². The van der Waals surface area contributed by atoms with Gasteiger partial charge in [0.2, 0.25) is 5.91 Å². The van der Waals surface area contributed by atoms with E-state index < -0.39 is 0 Å². The van der Waals surface area contributed by atoms with Crippen LogP contribution >= 0.6 is 0 Å². The summed E-state index contributed by atoms with van der Waals surface area (Å²) < 4.78 is 0. The highest BCUT2D eigenvalue weighted by atomic mass is 16.2. The number of urea groups is 1. The standard InChI is InChI=1S/C31H36N4O2/c36-30(33-27-15-11-25(12-16-27)23-7-3-1-4-8-23)21-29-22-32-19-20-35(29)31(37)34-28-17-13-26(14-18-28)24-9-5-2-6-10-24/h2,5-6,9-18,23,29,32H,1,3-4,7-8,19-22H2,(H,33,36)(H,34,37). The molecule has 0 bridgehead atoms. The predicted molar refractivity (Wildman–Crippen MR) is 150 cm³/mol. The van der Waals surface area contributed by atoms with Crippen molar-refractivity contribution < 1.29 is 9.59 Å². The zero-order valence-electron chi connectivity index (χ0n) is 21.3. The zero-order valence-corrected chi connectivity index (χ0v) is 21.3. The molecule has 2 aliphatic rings. The molecule has 3 aromatic rings. The first-order valence-corrected chi connectivity index (χ1v) is 13.5. The Bertz CT molecular complexity index is 1170. The van der Waals surface area contributed by atoms with Gasteiger partial charge in [0.05, 0.1) is 6.04 Å². The quantitative estimate of drug-likeness (QED) is 0.378. The third-order valence-electron chi connectivity index (χ3n) is 7.55. The maximum Gasteiger partial charge on any atom is 0.322 e. The highest BCUT2D eigenvalue weighted by molar-refractivity contribution is 5.93. The first kappa shape index (κ1) is 25.0. The van der Waals surface area contributed by atoms with Gasteiger partial charge < -0.3 is 20.9 Å². The van der Waals surface area contributed by atoms with E-state index in [4.69, 9.17) is 0 Å². The maximum atomic E-state index is 13.1. The van der Waals surface area contributed by atoms with Crippen LogP contribution in [0.3, 0.4) is 0 Å². The van der Waals surface area contributed by atoms with E-state index in [2.05, 4.69) is 40.2 Å². The lowest BCUT2D eigenvalue weighted by atomic mass is 9.84. The number of carbonyl (C=O) groups excluding carboxylic acids is 2. The van der Waals surface area contributed by atoms with E-state index in [1.165, 1.54) is 37.7 Å². The molecule has 192 valence electrons. The molecule has 0 radical (unpaired) electrons. The van der Waals surface area contributed by atoms with Crippen molar-refractivity contribution in [1.82, 2.24) is 10.2 Å². The van der Waals surface area contributed by atoms with Crippen molar-refractivity contribution in [2.24, 2.45) is 0 Å². The van der Waals surface area contributed by atoms with Gasteiger partial charge in [-0.25, -0.2) is 4.79 Å². The lowest BCUT2D eigenvalue weighted by Gasteiger charge is -2.35. The number of nitrogens with zero attached hydrogens (tertiary/aromatic N) is 1. The molecule has 6 heteroatoms. The molecule has 3 N–H and O–H groups in total. The first-order valence-electron chi connectivity index (χ1n) is 13.5. The maximum absolute atomic E-state index is 13.1. The van der Waals surface area contributed by atoms with Crippen LogP contribution in [0.25, 0.3) is 11.1 Å². The topological polar surface area (TPSA) is 73.5 Å². The van der Waals surface area contributed by atoms with Crippen molar-refractivity contribution in [3.05, 3.63) is 84.4 Å². The fraction of sp³-hybridized carbons (Fsp3) is 0.355. The van der Waals surface area contributed by atoms with Gasteiger partial charge in [-0.2, -0.15) is 0 Å². The summed E-state index contributed by atoms with van der Waals surface area (Å²) in [6.45, 7) is 1.86. The Kier molecular flexibility index (Phi) is 8.16. The normalized spacial score (nSPS) is 18.3. The number of benzene rings is 3. The predicted octanol–water partition coefficient (Wildman–Crippen LogP) is 6.24. The van der Waals surface area contributed by atoms with Gasteiger partial charge in [-0.1, -0.05) is 73.9 Å². The molecule has 2 fully saturated rings. The van der Waals surface area contributed by atoms with E-state index in [1.54, 1.807) is 4.90 Å². The van der Waals surface area contributed by atoms with E-state index in [1.807, 2.05) is 54.6 Å². The minimum absolute atomic E-state index is 0.0795. The van der Waals surface area contributed by atoms with Crippen molar-refractivity contribution >= 4 is 23.3 Å². The highest BCUT2D eigenvalue weighted by Crippen LogP contribution is 2.33. The number of hydrogen-bond donors (Lipinski definition) is 3. The van der Waals surface area contributed by atoms with Crippen molar-refractivity contribution in [2.75, 3.05) is 30.3 Å². The average Bonchev–Trinajstić information content (AvgIpc) is 2.95. The van der Waals surface area contributed by atoms with Gasteiger partial charge in [0, 0.05) is 37.4 Å². The number of rotatable bonds is 6. The molecule has 1 saturated carbocycles.